The van der Waals surface area contributed by atoms with Crippen molar-refractivity contribution in [3.05, 3.63) is 0 Å². The third kappa shape index (κ3) is 5.69. The van der Waals surface area contributed by atoms with Crippen molar-refractivity contribution < 1.29 is 8.42 Å². The molecule has 0 aromatic carbocycles. The Balaban J connectivity index is 1.97. The number of rotatable bonds is 3. The van der Waals surface area contributed by atoms with Crippen LogP contribution in [-0.2, 0) is 10.0 Å². The molecular formula is C14H27N3O2S. The summed E-state index contributed by atoms with van der Waals surface area (Å²) in [7, 11) is -3.36. The topological polar surface area (TPSA) is 70.6 Å². The standard InChI is InChI=1S/C14H27N3O2S/c1-20(18,19)17-14(15-12-8-4-2-5-9-12)16-13-10-6-3-7-11-13/h12-13H,2-11H2,1H3,(H2,15,16,17). The van der Waals surface area contributed by atoms with Crippen molar-refractivity contribution in [2.75, 3.05) is 6.26 Å². The third-order valence-electron chi connectivity index (χ3n) is 4.15. The second-order valence-corrected chi connectivity index (χ2v) is 7.78. The van der Waals surface area contributed by atoms with Crippen LogP contribution in [0.3, 0.4) is 0 Å². The molecule has 116 valence electrons. The van der Waals surface area contributed by atoms with Gasteiger partial charge in [-0.1, -0.05) is 38.5 Å². The van der Waals surface area contributed by atoms with Gasteiger partial charge in [0.05, 0.1) is 6.26 Å². The molecule has 2 aliphatic rings. The second-order valence-electron chi connectivity index (χ2n) is 6.13. The zero-order chi connectivity index (χ0) is 14.4. The van der Waals surface area contributed by atoms with Gasteiger partial charge in [-0.05, 0) is 25.7 Å². The Kier molecular flexibility index (Phi) is 5.69. The first-order valence-electron chi connectivity index (χ1n) is 7.86. The van der Waals surface area contributed by atoms with Gasteiger partial charge in [0.25, 0.3) is 10.0 Å². The maximum Gasteiger partial charge on any atom is 0.253 e. The van der Waals surface area contributed by atoms with Gasteiger partial charge in [-0.15, -0.1) is 4.40 Å². The molecule has 2 fully saturated rings. The third-order valence-corrected chi connectivity index (χ3v) is 4.66. The minimum atomic E-state index is -3.36. The molecule has 0 aliphatic heterocycles. The number of hydrogen-bond acceptors (Lipinski definition) is 2. The minimum Gasteiger partial charge on any atom is -0.353 e. The molecule has 0 aromatic rings. The molecule has 0 spiro atoms. The van der Waals surface area contributed by atoms with Crippen LogP contribution in [0.1, 0.15) is 64.2 Å². The van der Waals surface area contributed by atoms with E-state index >= 15 is 0 Å². The van der Waals surface area contributed by atoms with Crippen LogP contribution in [0.4, 0.5) is 0 Å². The molecule has 0 aromatic heterocycles. The molecule has 0 saturated heterocycles. The first-order chi connectivity index (χ1) is 9.53. The molecular weight excluding hydrogens is 274 g/mol. The summed E-state index contributed by atoms with van der Waals surface area (Å²) in [5, 5.41) is 6.64. The van der Waals surface area contributed by atoms with Gasteiger partial charge in [0.1, 0.15) is 0 Å². The molecule has 5 nitrogen and oxygen atoms in total. The van der Waals surface area contributed by atoms with Crippen molar-refractivity contribution in [1.29, 1.82) is 0 Å². The highest BCUT2D eigenvalue weighted by molar-refractivity contribution is 7.89. The van der Waals surface area contributed by atoms with Crippen LogP contribution < -0.4 is 10.6 Å². The SMILES string of the molecule is CS(=O)(=O)N=C(NC1CCCCC1)NC1CCCCC1. The van der Waals surface area contributed by atoms with Crippen molar-refractivity contribution in [3.8, 4) is 0 Å². The second kappa shape index (κ2) is 7.29. The fourth-order valence-electron chi connectivity index (χ4n) is 3.14. The van der Waals surface area contributed by atoms with Gasteiger partial charge in [-0.3, -0.25) is 0 Å². The molecule has 0 atom stereocenters. The number of nitrogens with one attached hydrogen (secondary N) is 2. The van der Waals surface area contributed by atoms with Crippen molar-refractivity contribution in [3.63, 3.8) is 0 Å². The van der Waals surface area contributed by atoms with Crippen molar-refractivity contribution in [2.24, 2.45) is 4.40 Å². The summed E-state index contributed by atoms with van der Waals surface area (Å²) in [6.45, 7) is 0. The van der Waals surface area contributed by atoms with Gasteiger partial charge in [0, 0.05) is 12.1 Å². The first-order valence-corrected chi connectivity index (χ1v) is 9.71. The Morgan fingerprint density at radius 2 is 1.25 bits per heavy atom. The maximum absolute atomic E-state index is 11.5. The van der Waals surface area contributed by atoms with Crippen molar-refractivity contribution in [2.45, 2.75) is 76.3 Å². The Morgan fingerprint density at radius 1 is 0.850 bits per heavy atom. The zero-order valence-corrected chi connectivity index (χ0v) is 13.2. The fraction of sp³-hybridized carbons (Fsp3) is 0.929. The summed E-state index contributed by atoms with van der Waals surface area (Å²) in [4.78, 5) is 0. The van der Waals surface area contributed by atoms with E-state index in [1.54, 1.807) is 0 Å². The van der Waals surface area contributed by atoms with Gasteiger partial charge >= 0.3 is 0 Å². The van der Waals surface area contributed by atoms with Crippen molar-refractivity contribution >= 4 is 16.0 Å². The normalized spacial score (nSPS) is 22.2. The number of guanidine groups is 1. The lowest BCUT2D eigenvalue weighted by Gasteiger charge is -2.28. The van der Waals surface area contributed by atoms with Gasteiger partial charge < -0.3 is 10.6 Å². The average molecular weight is 301 g/mol. The summed E-state index contributed by atoms with van der Waals surface area (Å²) in [6.07, 6.45) is 13.0. The van der Waals surface area contributed by atoms with E-state index in [1.165, 1.54) is 38.5 Å². The summed E-state index contributed by atoms with van der Waals surface area (Å²) in [5.41, 5.74) is 0. The van der Waals surface area contributed by atoms with E-state index in [-0.39, 0.29) is 0 Å². The van der Waals surface area contributed by atoms with Gasteiger partial charge in [0.2, 0.25) is 5.96 Å². The molecule has 0 amide bonds. The Bertz CT molecular complexity index is 400. The van der Waals surface area contributed by atoms with Crippen LogP contribution in [0.2, 0.25) is 0 Å². The van der Waals surface area contributed by atoms with Crippen molar-refractivity contribution in [1.82, 2.24) is 10.6 Å². The summed E-state index contributed by atoms with van der Waals surface area (Å²) in [6, 6.07) is 0.723. The molecule has 20 heavy (non-hydrogen) atoms. The van der Waals surface area contributed by atoms with Crippen LogP contribution in [-0.4, -0.2) is 32.7 Å². The van der Waals surface area contributed by atoms with Crippen LogP contribution in [0.15, 0.2) is 4.40 Å². The van der Waals surface area contributed by atoms with Crippen LogP contribution in [0.25, 0.3) is 0 Å². The highest BCUT2D eigenvalue weighted by Crippen LogP contribution is 2.19. The largest absolute Gasteiger partial charge is 0.353 e. The van der Waals surface area contributed by atoms with E-state index in [0.717, 1.165) is 31.9 Å². The predicted molar refractivity (Wildman–Crippen MR) is 82.3 cm³/mol. The summed E-state index contributed by atoms with van der Waals surface area (Å²) >= 11 is 0. The Morgan fingerprint density at radius 3 is 1.60 bits per heavy atom. The highest BCUT2D eigenvalue weighted by Gasteiger charge is 2.19. The Labute approximate surface area is 122 Å². The molecule has 2 rings (SSSR count). The smallest absolute Gasteiger partial charge is 0.253 e. The maximum atomic E-state index is 11.5. The van der Waals surface area contributed by atoms with Gasteiger partial charge in [0.15, 0.2) is 0 Å². The quantitative estimate of drug-likeness (QED) is 0.619. The van der Waals surface area contributed by atoms with E-state index in [2.05, 4.69) is 15.0 Å². The summed E-state index contributed by atoms with van der Waals surface area (Å²) < 4.78 is 26.8. The number of sulfonamides is 1. The van der Waals surface area contributed by atoms with E-state index in [9.17, 15) is 8.42 Å². The molecule has 0 heterocycles. The van der Waals surface area contributed by atoms with Gasteiger partial charge in [-0.2, -0.15) is 0 Å². The van der Waals surface area contributed by atoms with E-state index in [0.29, 0.717) is 18.0 Å². The van der Waals surface area contributed by atoms with Crippen LogP contribution in [0, 0.1) is 0 Å². The molecule has 2 saturated carbocycles. The monoisotopic (exact) mass is 301 g/mol. The zero-order valence-electron chi connectivity index (χ0n) is 12.4. The number of nitrogens with zero attached hydrogens (tertiary/aromatic N) is 1. The van der Waals surface area contributed by atoms with E-state index in [4.69, 9.17) is 0 Å². The highest BCUT2D eigenvalue weighted by atomic mass is 32.2. The van der Waals surface area contributed by atoms with E-state index in [1.807, 2.05) is 0 Å². The average Bonchev–Trinajstić information content (AvgIpc) is 2.39. The predicted octanol–water partition coefficient (Wildman–Crippen LogP) is 2.15. The minimum absolute atomic E-state index is 0.361. The molecule has 0 bridgehead atoms. The fourth-order valence-corrected chi connectivity index (χ4v) is 3.58. The van der Waals surface area contributed by atoms with Gasteiger partial charge in [-0.25, -0.2) is 8.42 Å². The van der Waals surface area contributed by atoms with Crippen LogP contribution in [0.5, 0.6) is 0 Å². The molecule has 0 unspecified atom stereocenters. The van der Waals surface area contributed by atoms with E-state index < -0.39 is 10.0 Å². The lowest BCUT2D eigenvalue weighted by atomic mass is 9.95. The Hall–Kier alpha value is -0.780. The molecule has 2 aliphatic carbocycles. The lowest BCUT2D eigenvalue weighted by Crippen LogP contribution is -2.48. The number of hydrogen-bond donors (Lipinski definition) is 2. The molecule has 0 radical (unpaired) electrons. The molecule has 6 heteroatoms. The first kappa shape index (κ1) is 15.6. The summed E-state index contributed by atoms with van der Waals surface area (Å²) in [5.74, 6) is 0.464. The molecule has 2 N–H and O–H groups in total. The van der Waals surface area contributed by atoms with Crippen LogP contribution >= 0.6 is 0 Å². The lowest BCUT2D eigenvalue weighted by molar-refractivity contribution is 0.389.